The van der Waals surface area contributed by atoms with E-state index in [0.29, 0.717) is 19.0 Å². The number of aryl methyl sites for hydroxylation is 2. The molecule has 0 N–H and O–H groups in total. The number of benzene rings is 6. The second-order valence-corrected chi connectivity index (χ2v) is 14.2. The lowest BCUT2D eigenvalue weighted by Gasteiger charge is -2.21. The van der Waals surface area contributed by atoms with Crippen molar-refractivity contribution in [3.05, 3.63) is 96.1 Å². The Hall–Kier alpha value is -4.78. The molecule has 6 heteroatoms. The first-order valence-corrected chi connectivity index (χ1v) is 19.6. The van der Waals surface area contributed by atoms with Gasteiger partial charge in [0.15, 0.2) is 13.6 Å². The Balaban J connectivity index is 1.50. The SMILES string of the molecule is CCCCCCOc1c(C)ccc2c(OCCCCCC)c(-c3ccc4c(-c5c(OCOC)ccc6cc(C)ccc56)c(OCOC)ccc4c3)ccc12. The number of rotatable bonds is 20. The summed E-state index contributed by atoms with van der Waals surface area (Å²) < 4.78 is 36.5. The summed E-state index contributed by atoms with van der Waals surface area (Å²) >= 11 is 0. The number of hydrogen-bond acceptors (Lipinski definition) is 6. The Morgan fingerprint density at radius 3 is 1.61 bits per heavy atom. The van der Waals surface area contributed by atoms with E-state index in [-0.39, 0.29) is 13.6 Å². The zero-order valence-corrected chi connectivity index (χ0v) is 33.0. The Bertz CT molecular complexity index is 2170. The van der Waals surface area contributed by atoms with Gasteiger partial charge in [0.2, 0.25) is 0 Å². The summed E-state index contributed by atoms with van der Waals surface area (Å²) in [6, 6.07) is 30.2. The first-order valence-electron chi connectivity index (χ1n) is 19.6. The number of unbranched alkanes of at least 4 members (excludes halogenated alkanes) is 6. The summed E-state index contributed by atoms with van der Waals surface area (Å²) in [5.74, 6) is 3.29. The van der Waals surface area contributed by atoms with Gasteiger partial charge in [0, 0.05) is 41.7 Å². The van der Waals surface area contributed by atoms with Gasteiger partial charge in [-0.2, -0.15) is 0 Å². The molecule has 284 valence electrons. The summed E-state index contributed by atoms with van der Waals surface area (Å²) in [5.41, 5.74) is 6.37. The minimum Gasteiger partial charge on any atom is -0.493 e. The molecule has 0 saturated carbocycles. The molecule has 54 heavy (non-hydrogen) atoms. The first kappa shape index (κ1) is 38.9. The molecule has 6 aromatic rings. The van der Waals surface area contributed by atoms with Crippen molar-refractivity contribution in [2.75, 3.05) is 41.0 Å². The maximum atomic E-state index is 6.77. The minimum absolute atomic E-state index is 0.120. The zero-order valence-electron chi connectivity index (χ0n) is 33.0. The second-order valence-electron chi connectivity index (χ2n) is 14.2. The van der Waals surface area contributed by atoms with Gasteiger partial charge < -0.3 is 28.4 Å². The van der Waals surface area contributed by atoms with Crippen molar-refractivity contribution in [3.8, 4) is 45.3 Å². The molecule has 0 aliphatic carbocycles. The largest absolute Gasteiger partial charge is 0.493 e. The summed E-state index contributed by atoms with van der Waals surface area (Å²) in [6.45, 7) is 10.3. The average Bonchev–Trinajstić information content (AvgIpc) is 3.19. The molecule has 0 radical (unpaired) electrons. The third kappa shape index (κ3) is 8.77. The van der Waals surface area contributed by atoms with Crippen LogP contribution < -0.4 is 18.9 Å². The van der Waals surface area contributed by atoms with Crippen LogP contribution in [-0.2, 0) is 9.47 Å². The van der Waals surface area contributed by atoms with Gasteiger partial charge in [-0.1, -0.05) is 113 Å². The van der Waals surface area contributed by atoms with Gasteiger partial charge in [0.05, 0.1) is 13.2 Å². The van der Waals surface area contributed by atoms with Gasteiger partial charge in [0.25, 0.3) is 0 Å². The molecule has 0 aliphatic heterocycles. The summed E-state index contributed by atoms with van der Waals surface area (Å²) in [5, 5.41) is 6.48. The van der Waals surface area contributed by atoms with Crippen LogP contribution in [0, 0.1) is 13.8 Å². The third-order valence-corrected chi connectivity index (χ3v) is 10.1. The van der Waals surface area contributed by atoms with Crippen LogP contribution in [-0.4, -0.2) is 41.0 Å². The average molecular weight is 729 g/mol. The fourth-order valence-corrected chi connectivity index (χ4v) is 7.35. The highest BCUT2D eigenvalue weighted by Crippen LogP contribution is 2.47. The van der Waals surface area contributed by atoms with Gasteiger partial charge >= 0.3 is 0 Å². The predicted octanol–water partition coefficient (Wildman–Crippen LogP) is 13.0. The fraction of sp³-hybridized carbons (Fsp3) is 0.375. The van der Waals surface area contributed by atoms with Crippen LogP contribution in [0.3, 0.4) is 0 Å². The molecule has 0 saturated heterocycles. The number of hydrogen-bond donors (Lipinski definition) is 0. The van der Waals surface area contributed by atoms with Crippen molar-refractivity contribution < 1.29 is 28.4 Å². The van der Waals surface area contributed by atoms with E-state index in [1.165, 1.54) is 37.7 Å². The van der Waals surface area contributed by atoms with Gasteiger partial charge in [-0.05, 0) is 89.7 Å². The molecule has 0 heterocycles. The highest BCUT2D eigenvalue weighted by molar-refractivity contribution is 6.11. The maximum absolute atomic E-state index is 6.77. The van der Waals surface area contributed by atoms with Crippen molar-refractivity contribution in [2.24, 2.45) is 0 Å². The van der Waals surface area contributed by atoms with E-state index in [2.05, 4.69) is 100 Å². The molecular weight excluding hydrogens is 673 g/mol. The normalized spacial score (nSPS) is 11.4. The Labute approximate surface area is 321 Å². The van der Waals surface area contributed by atoms with Crippen molar-refractivity contribution in [1.29, 1.82) is 0 Å². The quantitative estimate of drug-likeness (QED) is 0.0576. The van der Waals surface area contributed by atoms with Gasteiger partial charge in [-0.3, -0.25) is 0 Å². The number of methoxy groups -OCH3 is 2. The van der Waals surface area contributed by atoms with E-state index in [9.17, 15) is 0 Å². The lowest BCUT2D eigenvalue weighted by Crippen LogP contribution is -2.04. The van der Waals surface area contributed by atoms with Crippen LogP contribution >= 0.6 is 0 Å². The summed E-state index contributed by atoms with van der Waals surface area (Å²) in [7, 11) is 3.27. The molecule has 0 aliphatic rings. The van der Waals surface area contributed by atoms with E-state index < -0.39 is 0 Å². The zero-order chi connectivity index (χ0) is 37.9. The molecule has 6 rings (SSSR count). The van der Waals surface area contributed by atoms with Crippen LogP contribution in [0.2, 0.25) is 0 Å². The van der Waals surface area contributed by atoms with Crippen molar-refractivity contribution in [2.45, 2.75) is 79.1 Å². The predicted molar refractivity (Wildman–Crippen MR) is 224 cm³/mol. The van der Waals surface area contributed by atoms with E-state index in [1.807, 2.05) is 12.1 Å². The third-order valence-electron chi connectivity index (χ3n) is 10.1. The molecule has 0 atom stereocenters. The Kier molecular flexibility index (Phi) is 13.7. The Morgan fingerprint density at radius 1 is 0.463 bits per heavy atom. The molecule has 0 bridgehead atoms. The topological polar surface area (TPSA) is 55.4 Å². The van der Waals surface area contributed by atoms with Crippen LogP contribution in [0.25, 0.3) is 54.6 Å². The van der Waals surface area contributed by atoms with E-state index >= 15 is 0 Å². The van der Waals surface area contributed by atoms with E-state index in [0.717, 1.165) is 96.6 Å². The molecule has 0 spiro atoms. The van der Waals surface area contributed by atoms with Crippen LogP contribution in [0.5, 0.6) is 23.0 Å². The van der Waals surface area contributed by atoms with Gasteiger partial charge in [-0.25, -0.2) is 0 Å². The summed E-state index contributed by atoms with van der Waals surface area (Å²) in [6.07, 6.45) is 9.24. The molecular formula is C48H56O6. The highest BCUT2D eigenvalue weighted by atomic mass is 16.7. The molecule has 0 aromatic heterocycles. The maximum Gasteiger partial charge on any atom is 0.188 e. The standard InChI is InChI=1S/C48H56O6/c1-7-9-11-13-27-51-47-34(4)16-21-42-41(47)24-23-40(48(42)52-28-14-12-10-8-2)37-17-22-39-36(30-37)19-26-44(54-32-50-6)46(39)45-38-20-15-33(3)29-35(38)18-25-43(45)53-31-49-5/h15-26,29-30H,7-14,27-28,31-32H2,1-6H3. The molecule has 6 aromatic carbocycles. The lowest BCUT2D eigenvalue weighted by molar-refractivity contribution is 0.0502. The number of fused-ring (bicyclic) bond motifs is 3. The highest BCUT2D eigenvalue weighted by Gasteiger charge is 2.21. The Morgan fingerprint density at radius 2 is 1.00 bits per heavy atom. The lowest BCUT2D eigenvalue weighted by atomic mass is 9.90. The van der Waals surface area contributed by atoms with Crippen molar-refractivity contribution in [1.82, 2.24) is 0 Å². The first-order chi connectivity index (χ1) is 26.5. The minimum atomic E-state index is 0.120. The molecule has 0 unspecified atom stereocenters. The van der Waals surface area contributed by atoms with Gasteiger partial charge in [0.1, 0.15) is 23.0 Å². The van der Waals surface area contributed by atoms with Gasteiger partial charge in [-0.15, -0.1) is 0 Å². The van der Waals surface area contributed by atoms with Crippen LogP contribution in [0.4, 0.5) is 0 Å². The van der Waals surface area contributed by atoms with Crippen LogP contribution in [0.15, 0.2) is 84.9 Å². The fourth-order valence-electron chi connectivity index (χ4n) is 7.35. The summed E-state index contributed by atoms with van der Waals surface area (Å²) in [4.78, 5) is 0. The van der Waals surface area contributed by atoms with Crippen LogP contribution in [0.1, 0.15) is 76.3 Å². The smallest absolute Gasteiger partial charge is 0.188 e. The molecule has 0 amide bonds. The molecule has 0 fully saturated rings. The molecule has 6 nitrogen and oxygen atoms in total. The second kappa shape index (κ2) is 19.0. The number of ether oxygens (including phenoxy) is 6. The van der Waals surface area contributed by atoms with Crippen molar-refractivity contribution >= 4 is 32.3 Å². The monoisotopic (exact) mass is 728 g/mol. The van der Waals surface area contributed by atoms with E-state index in [4.69, 9.17) is 28.4 Å². The van der Waals surface area contributed by atoms with Crippen molar-refractivity contribution in [3.63, 3.8) is 0 Å². The van der Waals surface area contributed by atoms with E-state index in [1.54, 1.807) is 14.2 Å².